The molecule has 74 heavy (non-hydrogen) atoms. The fourth-order valence-electron chi connectivity index (χ4n) is 5.19. The van der Waals surface area contributed by atoms with Crippen LogP contribution in [0.3, 0.4) is 0 Å². The zero-order valence-electron chi connectivity index (χ0n) is 45.6. The second-order valence-electron chi connectivity index (χ2n) is 15.5. The molecule has 0 aliphatic carbocycles. The highest BCUT2D eigenvalue weighted by atomic mass is 16.6. The van der Waals surface area contributed by atoms with Crippen molar-refractivity contribution in [1.82, 2.24) is 0 Å². The van der Waals surface area contributed by atoms with Crippen LogP contribution in [0.2, 0.25) is 0 Å². The standard InChI is InChI=1S/C50H102O24/c1-3-49(51)47-73-45-43-71-41-39-69-37-35-67-33-31-65-29-27-63-25-23-61-21-19-59-17-15-57-13-11-55-9-7-53-5-6-54-8-10-56-12-14-58-16-18-60-20-22-62-24-26-64-28-30-66-32-34-68-36-38-70-40-42-72-44-46-74-48-50(52)4-2/h49-52H,3-48H2,1-2H3. The first-order valence-electron chi connectivity index (χ1n) is 26.8. The molecule has 0 aromatic carbocycles. The van der Waals surface area contributed by atoms with Crippen molar-refractivity contribution >= 4 is 0 Å². The fourth-order valence-corrected chi connectivity index (χ4v) is 5.19. The third kappa shape index (κ3) is 67.2. The minimum absolute atomic E-state index is 0.339. The monoisotopic (exact) mass is 1090 g/mol. The average Bonchev–Trinajstić information content (AvgIpc) is 3.41. The average molecular weight is 1090 g/mol. The van der Waals surface area contributed by atoms with Crippen LogP contribution < -0.4 is 0 Å². The maximum atomic E-state index is 9.40. The second kappa shape index (κ2) is 68.1. The Hall–Kier alpha value is -0.960. The van der Waals surface area contributed by atoms with Gasteiger partial charge in [-0.05, 0) is 12.8 Å². The lowest BCUT2D eigenvalue weighted by Gasteiger charge is -2.10. The van der Waals surface area contributed by atoms with Crippen LogP contribution >= 0.6 is 0 Å². The van der Waals surface area contributed by atoms with E-state index in [4.69, 9.17) is 104 Å². The molecule has 0 heterocycles. The van der Waals surface area contributed by atoms with Crippen LogP contribution in [0, 0.1) is 0 Å². The van der Waals surface area contributed by atoms with Gasteiger partial charge in [0.2, 0.25) is 0 Å². The highest BCUT2D eigenvalue weighted by molar-refractivity contribution is 4.49. The van der Waals surface area contributed by atoms with Gasteiger partial charge in [0, 0.05) is 0 Å². The lowest BCUT2D eigenvalue weighted by atomic mass is 10.3. The summed E-state index contributed by atoms with van der Waals surface area (Å²) in [5.41, 5.74) is 0. The van der Waals surface area contributed by atoms with Crippen molar-refractivity contribution in [2.24, 2.45) is 0 Å². The quantitative estimate of drug-likeness (QED) is 0.0804. The molecule has 0 bridgehead atoms. The molecular formula is C50H102O24. The lowest BCUT2D eigenvalue weighted by Crippen LogP contribution is -2.17. The summed E-state index contributed by atoms with van der Waals surface area (Å²) < 4.78 is 120. The maximum Gasteiger partial charge on any atom is 0.0771 e. The summed E-state index contributed by atoms with van der Waals surface area (Å²) >= 11 is 0. The van der Waals surface area contributed by atoms with Gasteiger partial charge < -0.3 is 114 Å². The normalized spacial score (nSPS) is 12.6. The van der Waals surface area contributed by atoms with E-state index in [9.17, 15) is 10.2 Å². The van der Waals surface area contributed by atoms with E-state index < -0.39 is 12.2 Å². The lowest BCUT2D eigenvalue weighted by molar-refractivity contribution is -0.0323. The molecule has 2 atom stereocenters. The molecule has 0 rings (SSSR count). The number of ether oxygens (including phenoxy) is 22. The number of aliphatic hydroxyl groups excluding tert-OH is 2. The Kier molecular flexibility index (Phi) is 67.3. The summed E-state index contributed by atoms with van der Waals surface area (Å²) in [5, 5.41) is 18.8. The smallest absolute Gasteiger partial charge is 0.0771 e. The molecule has 446 valence electrons. The Morgan fingerprint density at radius 3 is 0.324 bits per heavy atom. The van der Waals surface area contributed by atoms with E-state index in [-0.39, 0.29) is 0 Å². The number of aliphatic hydroxyl groups is 2. The number of rotatable bonds is 69. The van der Waals surface area contributed by atoms with E-state index in [1.807, 2.05) is 13.8 Å². The third-order valence-corrected chi connectivity index (χ3v) is 9.38. The van der Waals surface area contributed by atoms with Crippen LogP contribution in [-0.4, -0.2) is 313 Å². The molecule has 2 unspecified atom stereocenters. The zero-order chi connectivity index (χ0) is 53.2. The number of hydrogen-bond donors (Lipinski definition) is 2. The van der Waals surface area contributed by atoms with Gasteiger partial charge in [0.05, 0.1) is 303 Å². The van der Waals surface area contributed by atoms with E-state index in [1.54, 1.807) is 0 Å². The minimum atomic E-state index is -0.411. The topological polar surface area (TPSA) is 244 Å². The van der Waals surface area contributed by atoms with Gasteiger partial charge in [-0.3, -0.25) is 0 Å². The Balaban J connectivity index is 3.08. The molecule has 24 nitrogen and oxygen atoms in total. The summed E-state index contributed by atoms with van der Waals surface area (Å²) in [6.07, 6.45) is 0.542. The number of hydrogen-bond acceptors (Lipinski definition) is 24. The first-order valence-corrected chi connectivity index (χ1v) is 26.8. The molecule has 2 N–H and O–H groups in total. The predicted molar refractivity (Wildman–Crippen MR) is 271 cm³/mol. The Morgan fingerprint density at radius 1 is 0.162 bits per heavy atom. The highest BCUT2D eigenvalue weighted by Gasteiger charge is 2.03. The van der Waals surface area contributed by atoms with Gasteiger partial charge in [-0.1, -0.05) is 13.8 Å². The molecule has 0 radical (unpaired) electrons. The van der Waals surface area contributed by atoms with Crippen LogP contribution in [0.1, 0.15) is 26.7 Å². The van der Waals surface area contributed by atoms with Crippen molar-refractivity contribution in [2.75, 3.05) is 291 Å². The third-order valence-electron chi connectivity index (χ3n) is 9.38. The maximum absolute atomic E-state index is 9.40. The summed E-state index contributed by atoms with van der Waals surface area (Å²) in [6.45, 7) is 25.0. The van der Waals surface area contributed by atoms with Crippen LogP contribution in [0.25, 0.3) is 0 Å². The highest BCUT2D eigenvalue weighted by Crippen LogP contribution is 1.94. The summed E-state index contributed by atoms with van der Waals surface area (Å²) in [7, 11) is 0. The van der Waals surface area contributed by atoms with Gasteiger partial charge in [-0.2, -0.15) is 0 Å². The zero-order valence-corrected chi connectivity index (χ0v) is 45.6. The Labute approximate surface area is 443 Å². The molecule has 0 amide bonds. The first kappa shape index (κ1) is 73.0. The first-order chi connectivity index (χ1) is 36.7. The summed E-state index contributed by atoms with van der Waals surface area (Å²) in [5.74, 6) is 0. The summed E-state index contributed by atoms with van der Waals surface area (Å²) in [4.78, 5) is 0. The van der Waals surface area contributed by atoms with Crippen molar-refractivity contribution in [1.29, 1.82) is 0 Å². The molecule has 0 spiro atoms. The van der Waals surface area contributed by atoms with Gasteiger partial charge in [0.25, 0.3) is 0 Å². The molecule has 0 aromatic rings. The van der Waals surface area contributed by atoms with Crippen molar-refractivity contribution in [3.05, 3.63) is 0 Å². The molecule has 0 saturated heterocycles. The second-order valence-corrected chi connectivity index (χ2v) is 15.5. The van der Waals surface area contributed by atoms with Gasteiger partial charge in [-0.15, -0.1) is 0 Å². The SMILES string of the molecule is CCC(O)COCCOCCOCCOCCOCCOCCOCCOCCOCCOCCOCCOCCOCCOCCOCCOCCOCCOCCOCCOCCOCCOCC(O)CC. The van der Waals surface area contributed by atoms with E-state index in [0.717, 1.165) is 0 Å². The molecule has 0 saturated carbocycles. The van der Waals surface area contributed by atoms with Crippen LogP contribution in [0.4, 0.5) is 0 Å². The molecule has 24 heteroatoms. The molecule has 0 aliphatic rings. The van der Waals surface area contributed by atoms with Gasteiger partial charge in [-0.25, -0.2) is 0 Å². The largest absolute Gasteiger partial charge is 0.391 e. The van der Waals surface area contributed by atoms with Crippen molar-refractivity contribution < 1.29 is 114 Å². The van der Waals surface area contributed by atoms with Crippen molar-refractivity contribution in [3.8, 4) is 0 Å². The molecule has 0 aromatic heterocycles. The van der Waals surface area contributed by atoms with Crippen molar-refractivity contribution in [2.45, 2.75) is 38.9 Å². The summed E-state index contributed by atoms with van der Waals surface area (Å²) in [6, 6.07) is 0. The fraction of sp³-hybridized carbons (Fsp3) is 1.00. The van der Waals surface area contributed by atoms with Crippen LogP contribution in [0.5, 0.6) is 0 Å². The molecular weight excluding hydrogens is 985 g/mol. The Bertz CT molecular complexity index is 912. The predicted octanol–water partition coefficient (Wildman–Crippen LogP) is 0.893. The minimum Gasteiger partial charge on any atom is -0.391 e. The van der Waals surface area contributed by atoms with Crippen LogP contribution in [-0.2, 0) is 104 Å². The van der Waals surface area contributed by atoms with Gasteiger partial charge in [0.1, 0.15) is 0 Å². The van der Waals surface area contributed by atoms with E-state index in [0.29, 0.717) is 304 Å². The molecule has 0 fully saturated rings. The molecule has 0 aliphatic heterocycles. The van der Waals surface area contributed by atoms with E-state index in [1.165, 1.54) is 0 Å². The van der Waals surface area contributed by atoms with Crippen LogP contribution in [0.15, 0.2) is 0 Å². The van der Waals surface area contributed by atoms with Gasteiger partial charge >= 0.3 is 0 Å². The van der Waals surface area contributed by atoms with E-state index in [2.05, 4.69) is 0 Å². The van der Waals surface area contributed by atoms with Crippen molar-refractivity contribution in [3.63, 3.8) is 0 Å². The van der Waals surface area contributed by atoms with Gasteiger partial charge in [0.15, 0.2) is 0 Å². The van der Waals surface area contributed by atoms with E-state index >= 15 is 0 Å². The Morgan fingerprint density at radius 2 is 0.243 bits per heavy atom.